The molecule has 0 unspecified atom stereocenters. The Bertz CT molecular complexity index is 591. The van der Waals surface area contributed by atoms with E-state index in [4.69, 9.17) is 17.3 Å². The summed E-state index contributed by atoms with van der Waals surface area (Å²) in [4.78, 5) is 0. The van der Waals surface area contributed by atoms with E-state index in [1.54, 1.807) is 6.07 Å². The lowest BCUT2D eigenvalue weighted by atomic mass is 10.1. The summed E-state index contributed by atoms with van der Waals surface area (Å²) < 4.78 is 0. The van der Waals surface area contributed by atoms with Crippen LogP contribution >= 0.6 is 11.6 Å². The number of anilines is 3. The Balaban J connectivity index is 2.34. The monoisotopic (exact) mass is 260 g/mol. The minimum absolute atomic E-state index is 0.656. The van der Waals surface area contributed by atoms with Gasteiger partial charge in [-0.05, 0) is 61.7 Å². The van der Waals surface area contributed by atoms with Gasteiger partial charge in [0.15, 0.2) is 0 Å². The second-order valence-corrected chi connectivity index (χ2v) is 5.02. The number of nitrogen functional groups attached to an aromatic ring is 1. The van der Waals surface area contributed by atoms with Crippen molar-refractivity contribution < 1.29 is 0 Å². The van der Waals surface area contributed by atoms with Crippen LogP contribution in [-0.2, 0) is 0 Å². The van der Waals surface area contributed by atoms with Crippen LogP contribution in [0.3, 0.4) is 0 Å². The molecule has 0 aliphatic carbocycles. The largest absolute Gasteiger partial charge is 0.397 e. The normalized spacial score (nSPS) is 10.4. The molecule has 0 amide bonds. The van der Waals surface area contributed by atoms with Crippen LogP contribution in [-0.4, -0.2) is 0 Å². The number of hydrogen-bond acceptors (Lipinski definition) is 2. The van der Waals surface area contributed by atoms with Crippen LogP contribution in [0.2, 0.25) is 5.02 Å². The first-order valence-corrected chi connectivity index (χ1v) is 6.25. The lowest BCUT2D eigenvalue weighted by Crippen LogP contribution is -1.98. The molecule has 0 aromatic heterocycles. The Kier molecular flexibility index (Phi) is 3.48. The smallest absolute Gasteiger partial charge is 0.0621 e. The average molecular weight is 261 g/mol. The Hall–Kier alpha value is -1.67. The molecule has 3 N–H and O–H groups in total. The average Bonchev–Trinajstić information content (AvgIpc) is 2.31. The number of rotatable bonds is 2. The Morgan fingerprint density at radius 1 is 0.944 bits per heavy atom. The van der Waals surface area contributed by atoms with Gasteiger partial charge in [-0.2, -0.15) is 0 Å². The van der Waals surface area contributed by atoms with Crippen LogP contribution in [0, 0.1) is 20.8 Å². The van der Waals surface area contributed by atoms with Crippen LogP contribution in [0.25, 0.3) is 0 Å². The van der Waals surface area contributed by atoms with Crippen molar-refractivity contribution >= 4 is 28.7 Å². The van der Waals surface area contributed by atoms with Crippen LogP contribution in [0.5, 0.6) is 0 Å². The molecule has 94 valence electrons. The van der Waals surface area contributed by atoms with Crippen LogP contribution in [0.15, 0.2) is 30.3 Å². The second-order valence-electron chi connectivity index (χ2n) is 4.61. The maximum absolute atomic E-state index is 6.03. The van der Waals surface area contributed by atoms with Gasteiger partial charge in [-0.1, -0.05) is 17.7 Å². The highest BCUT2D eigenvalue weighted by atomic mass is 35.5. The van der Waals surface area contributed by atoms with E-state index < -0.39 is 0 Å². The molecule has 0 spiro atoms. The Morgan fingerprint density at radius 2 is 1.67 bits per heavy atom. The van der Waals surface area contributed by atoms with E-state index in [9.17, 15) is 0 Å². The Morgan fingerprint density at radius 3 is 2.33 bits per heavy atom. The quantitative estimate of drug-likeness (QED) is 0.775. The van der Waals surface area contributed by atoms with Crippen LogP contribution < -0.4 is 11.1 Å². The fourth-order valence-electron chi connectivity index (χ4n) is 1.78. The molecule has 2 rings (SSSR count). The predicted octanol–water partition coefficient (Wildman–Crippen LogP) is 4.59. The van der Waals surface area contributed by atoms with Crippen molar-refractivity contribution in [3.05, 3.63) is 52.0 Å². The molecule has 0 saturated heterocycles. The lowest BCUT2D eigenvalue weighted by molar-refractivity contribution is 1.33. The summed E-state index contributed by atoms with van der Waals surface area (Å²) in [6.07, 6.45) is 0. The third-order valence-corrected chi connectivity index (χ3v) is 3.52. The molecule has 2 aromatic carbocycles. The van der Waals surface area contributed by atoms with E-state index in [2.05, 4.69) is 31.3 Å². The number of nitrogens with two attached hydrogens (primary N) is 1. The third-order valence-electron chi connectivity index (χ3n) is 3.12. The zero-order valence-corrected chi connectivity index (χ0v) is 11.6. The molecule has 0 atom stereocenters. The van der Waals surface area contributed by atoms with Gasteiger partial charge in [-0.3, -0.25) is 0 Å². The van der Waals surface area contributed by atoms with Gasteiger partial charge >= 0.3 is 0 Å². The fraction of sp³-hybridized carbons (Fsp3) is 0.200. The molecule has 2 nitrogen and oxygen atoms in total. The zero-order chi connectivity index (χ0) is 13.3. The van der Waals surface area contributed by atoms with Crippen molar-refractivity contribution in [3.8, 4) is 0 Å². The molecule has 0 saturated carbocycles. The van der Waals surface area contributed by atoms with E-state index in [1.807, 2.05) is 19.1 Å². The first kappa shape index (κ1) is 12.8. The molecule has 0 aliphatic rings. The van der Waals surface area contributed by atoms with Crippen molar-refractivity contribution in [1.29, 1.82) is 0 Å². The maximum Gasteiger partial charge on any atom is 0.0621 e. The fourth-order valence-corrected chi connectivity index (χ4v) is 1.95. The molecule has 0 fully saturated rings. The van der Waals surface area contributed by atoms with Gasteiger partial charge in [-0.25, -0.2) is 0 Å². The van der Waals surface area contributed by atoms with E-state index in [1.165, 1.54) is 11.1 Å². The number of aryl methyl sites for hydroxylation is 3. The number of hydrogen-bond donors (Lipinski definition) is 2. The van der Waals surface area contributed by atoms with E-state index >= 15 is 0 Å². The van der Waals surface area contributed by atoms with Crippen molar-refractivity contribution in [2.45, 2.75) is 20.8 Å². The predicted molar refractivity (Wildman–Crippen MR) is 79.8 cm³/mol. The first-order valence-electron chi connectivity index (χ1n) is 5.87. The number of benzene rings is 2. The van der Waals surface area contributed by atoms with Crippen molar-refractivity contribution in [2.75, 3.05) is 11.1 Å². The van der Waals surface area contributed by atoms with Crippen molar-refractivity contribution in [1.82, 2.24) is 0 Å². The molecule has 0 heterocycles. The lowest BCUT2D eigenvalue weighted by Gasteiger charge is -2.12. The summed E-state index contributed by atoms with van der Waals surface area (Å²) in [5, 5.41) is 4.02. The minimum atomic E-state index is 0.656. The summed E-state index contributed by atoms with van der Waals surface area (Å²) >= 11 is 6.03. The molecule has 0 aliphatic heterocycles. The highest BCUT2D eigenvalue weighted by Gasteiger charge is 2.04. The van der Waals surface area contributed by atoms with E-state index in [-0.39, 0.29) is 0 Å². The van der Waals surface area contributed by atoms with E-state index in [0.717, 1.165) is 16.9 Å². The maximum atomic E-state index is 6.03. The van der Waals surface area contributed by atoms with Crippen LogP contribution in [0.4, 0.5) is 17.1 Å². The molecule has 0 radical (unpaired) electrons. The van der Waals surface area contributed by atoms with Gasteiger partial charge in [0.05, 0.1) is 11.4 Å². The van der Waals surface area contributed by atoms with Gasteiger partial charge in [0.1, 0.15) is 0 Å². The molecular weight excluding hydrogens is 244 g/mol. The topological polar surface area (TPSA) is 38.0 Å². The SMILES string of the molecule is Cc1ccc(Nc2cc(C)c(Cl)cc2N)cc1C. The molecule has 18 heavy (non-hydrogen) atoms. The van der Waals surface area contributed by atoms with Gasteiger partial charge < -0.3 is 11.1 Å². The highest BCUT2D eigenvalue weighted by molar-refractivity contribution is 6.31. The summed E-state index contributed by atoms with van der Waals surface area (Å²) in [7, 11) is 0. The zero-order valence-electron chi connectivity index (χ0n) is 10.8. The van der Waals surface area contributed by atoms with Gasteiger partial charge in [0.25, 0.3) is 0 Å². The summed E-state index contributed by atoms with van der Waals surface area (Å²) in [6.45, 7) is 6.16. The standard InChI is InChI=1S/C15H17ClN2/c1-9-4-5-12(6-10(9)2)18-15-7-11(3)13(16)8-14(15)17/h4-8,18H,17H2,1-3H3. The minimum Gasteiger partial charge on any atom is -0.397 e. The van der Waals surface area contributed by atoms with Gasteiger partial charge in [-0.15, -0.1) is 0 Å². The molecule has 0 bridgehead atoms. The van der Waals surface area contributed by atoms with Gasteiger partial charge in [0, 0.05) is 10.7 Å². The summed E-state index contributed by atoms with van der Waals surface area (Å²) in [5.74, 6) is 0. The van der Waals surface area contributed by atoms with Crippen molar-refractivity contribution in [2.24, 2.45) is 0 Å². The van der Waals surface area contributed by atoms with Crippen LogP contribution in [0.1, 0.15) is 16.7 Å². The first-order chi connectivity index (χ1) is 8.47. The summed E-state index contributed by atoms with van der Waals surface area (Å²) in [5.41, 5.74) is 12.1. The third kappa shape index (κ3) is 2.59. The molecular formula is C15H17ClN2. The molecule has 3 heteroatoms. The highest BCUT2D eigenvalue weighted by Crippen LogP contribution is 2.29. The Labute approximate surface area is 113 Å². The number of halogens is 1. The summed E-state index contributed by atoms with van der Waals surface area (Å²) in [6, 6.07) is 9.99. The van der Waals surface area contributed by atoms with E-state index in [0.29, 0.717) is 10.7 Å². The van der Waals surface area contributed by atoms with Crippen molar-refractivity contribution in [3.63, 3.8) is 0 Å². The van der Waals surface area contributed by atoms with Gasteiger partial charge in [0.2, 0.25) is 0 Å². The number of nitrogens with one attached hydrogen (secondary N) is 1. The molecule has 2 aromatic rings. The second kappa shape index (κ2) is 4.91.